The normalized spacial score (nSPS) is 12.4. The summed E-state index contributed by atoms with van der Waals surface area (Å²) >= 11 is 0. The second kappa shape index (κ2) is 14.8. The van der Waals surface area contributed by atoms with E-state index in [1.807, 2.05) is 20.8 Å². The summed E-state index contributed by atoms with van der Waals surface area (Å²) in [7, 11) is -4.39. The number of rotatable bonds is 11. The van der Waals surface area contributed by atoms with E-state index in [0.717, 1.165) is 23.8 Å². The lowest BCUT2D eigenvalue weighted by Gasteiger charge is -2.13. The highest BCUT2D eigenvalue weighted by Gasteiger charge is 2.22. The van der Waals surface area contributed by atoms with Gasteiger partial charge < -0.3 is 5.32 Å². The third-order valence-corrected chi connectivity index (χ3v) is 6.44. The number of nitrogens with one attached hydrogen (secondary N) is 2. The smallest absolute Gasteiger partial charge is 0.269 e. The first-order chi connectivity index (χ1) is 17.4. The van der Waals surface area contributed by atoms with Crippen molar-refractivity contribution in [3.05, 3.63) is 106 Å². The Morgan fingerprint density at radius 1 is 1.11 bits per heavy atom. The summed E-state index contributed by atoms with van der Waals surface area (Å²) in [5.41, 5.74) is 1.55. The molecule has 0 aromatic heterocycles. The number of amides is 1. The number of sulfonamides is 1. The molecule has 1 amide bonds. The minimum atomic E-state index is -4.39. The molecule has 1 atom stereocenters. The van der Waals surface area contributed by atoms with Gasteiger partial charge in [-0.05, 0) is 36.6 Å². The number of halogens is 2. The molecule has 2 N–H and O–H groups in total. The number of nitrogens with zero attached hydrogens (tertiary/aromatic N) is 1. The number of allylic oxidation sites excluding steroid dienone is 2. The van der Waals surface area contributed by atoms with Crippen molar-refractivity contribution in [3.8, 4) is 0 Å². The van der Waals surface area contributed by atoms with E-state index in [0.29, 0.717) is 5.57 Å². The molecule has 0 aliphatic heterocycles. The molecular weight excluding hydrogens is 504 g/mol. The fourth-order valence-electron chi connectivity index (χ4n) is 2.90. The molecule has 0 heterocycles. The predicted octanol–water partition coefficient (Wildman–Crippen LogP) is 5.16. The van der Waals surface area contributed by atoms with Gasteiger partial charge in [0.15, 0.2) is 4.90 Å². The molecule has 0 saturated carbocycles. The molecule has 2 rings (SSSR count). The van der Waals surface area contributed by atoms with Gasteiger partial charge in [0.25, 0.3) is 11.6 Å². The van der Waals surface area contributed by atoms with Crippen molar-refractivity contribution in [3.63, 3.8) is 0 Å². The van der Waals surface area contributed by atoms with Crippen LogP contribution < -0.4 is 10.0 Å². The molecule has 0 aliphatic carbocycles. The molecule has 8 nitrogen and oxygen atoms in total. The number of nitro groups is 1. The van der Waals surface area contributed by atoms with E-state index >= 15 is 0 Å². The number of hydrogen-bond acceptors (Lipinski definition) is 5. The van der Waals surface area contributed by atoms with Gasteiger partial charge in [-0.15, -0.1) is 0 Å². The Morgan fingerprint density at radius 3 is 2.22 bits per heavy atom. The molecule has 200 valence electrons. The Hall–Kier alpha value is -3.70. The molecule has 0 radical (unpaired) electrons. The maximum absolute atomic E-state index is 13.7. The Bertz CT molecular complexity index is 1250. The first-order valence-corrected chi connectivity index (χ1v) is 12.9. The summed E-state index contributed by atoms with van der Waals surface area (Å²) in [5.74, 6) is -2.89. The SMILES string of the molecule is C=C(/C=C\C(C)=C/CNS(=O)(=O)c1c(F)cccc1F)C(=O)NCC(C)c1ccc([N+](=O)[O-])cc1.CC. The van der Waals surface area contributed by atoms with E-state index < -0.39 is 37.4 Å². The zero-order chi connectivity index (χ0) is 28.2. The second-order valence-corrected chi connectivity index (χ2v) is 9.37. The van der Waals surface area contributed by atoms with Gasteiger partial charge in [0.05, 0.1) is 4.92 Å². The standard InChI is InChI=1S/C24H25F2N3O5S.C2H6/c1-16(13-14-28-35(33,34)23-21(25)5-4-6-22(23)26)7-8-17(2)24(30)27-15-18(3)19-9-11-20(12-10-19)29(31)32;1-2/h4-13,18,28H,2,14-15H2,1,3H3,(H,27,30);1-2H3/b8-7-,16-13-;. The highest BCUT2D eigenvalue weighted by atomic mass is 32.2. The third kappa shape index (κ3) is 9.70. The Balaban J connectivity index is 0.00000334. The molecule has 1 unspecified atom stereocenters. The minimum absolute atomic E-state index is 0.0147. The van der Waals surface area contributed by atoms with Crippen molar-refractivity contribution in [2.45, 2.75) is 38.5 Å². The molecule has 0 saturated heterocycles. The zero-order valence-corrected chi connectivity index (χ0v) is 21.9. The van der Waals surface area contributed by atoms with Gasteiger partial charge in [-0.3, -0.25) is 14.9 Å². The van der Waals surface area contributed by atoms with Gasteiger partial charge >= 0.3 is 0 Å². The van der Waals surface area contributed by atoms with E-state index in [-0.39, 0.29) is 30.3 Å². The monoisotopic (exact) mass is 535 g/mol. The van der Waals surface area contributed by atoms with E-state index in [9.17, 15) is 32.1 Å². The van der Waals surface area contributed by atoms with Crippen LogP contribution in [0.15, 0.2) is 83.3 Å². The molecule has 2 aromatic carbocycles. The summed E-state index contributed by atoms with van der Waals surface area (Å²) in [4.78, 5) is 21.5. The first-order valence-electron chi connectivity index (χ1n) is 11.4. The van der Waals surface area contributed by atoms with E-state index in [1.165, 1.54) is 24.3 Å². The lowest BCUT2D eigenvalue weighted by atomic mass is 10.0. The molecule has 0 spiro atoms. The summed E-state index contributed by atoms with van der Waals surface area (Å²) < 4.78 is 53.8. The number of nitro benzene ring substituents is 1. The third-order valence-electron chi connectivity index (χ3n) is 4.97. The van der Waals surface area contributed by atoms with Gasteiger partial charge in [-0.2, -0.15) is 0 Å². The number of benzene rings is 2. The van der Waals surface area contributed by atoms with Crippen LogP contribution in [0.1, 0.15) is 39.2 Å². The lowest BCUT2D eigenvalue weighted by Crippen LogP contribution is -2.28. The van der Waals surface area contributed by atoms with Crippen LogP contribution in [0.5, 0.6) is 0 Å². The maximum Gasteiger partial charge on any atom is 0.269 e. The van der Waals surface area contributed by atoms with Crippen molar-refractivity contribution in [2.24, 2.45) is 0 Å². The highest BCUT2D eigenvalue weighted by Crippen LogP contribution is 2.19. The number of non-ortho nitro benzene ring substituents is 1. The van der Waals surface area contributed by atoms with Crippen molar-refractivity contribution in [1.29, 1.82) is 0 Å². The first kappa shape index (κ1) is 31.3. The molecule has 0 fully saturated rings. The summed E-state index contributed by atoms with van der Waals surface area (Å²) in [5, 5.41) is 13.5. The summed E-state index contributed by atoms with van der Waals surface area (Å²) in [6.45, 7) is 11.3. The molecule has 2 aromatic rings. The maximum atomic E-state index is 13.7. The topological polar surface area (TPSA) is 118 Å². The fraction of sp³-hybridized carbons (Fsp3) is 0.269. The largest absolute Gasteiger partial charge is 0.351 e. The van der Waals surface area contributed by atoms with Gasteiger partial charge in [-0.1, -0.05) is 63.3 Å². The van der Waals surface area contributed by atoms with Crippen LogP contribution in [0.4, 0.5) is 14.5 Å². The van der Waals surface area contributed by atoms with Crippen molar-refractivity contribution < 1.29 is 26.9 Å². The van der Waals surface area contributed by atoms with Crippen molar-refractivity contribution in [1.82, 2.24) is 10.0 Å². The number of carbonyl (C=O) groups is 1. The Morgan fingerprint density at radius 2 is 1.68 bits per heavy atom. The average molecular weight is 536 g/mol. The lowest BCUT2D eigenvalue weighted by molar-refractivity contribution is -0.384. The van der Waals surface area contributed by atoms with Gasteiger partial charge in [0.1, 0.15) is 11.6 Å². The van der Waals surface area contributed by atoms with Crippen LogP contribution in [0.3, 0.4) is 0 Å². The van der Waals surface area contributed by atoms with Gasteiger partial charge in [-0.25, -0.2) is 21.9 Å². The van der Waals surface area contributed by atoms with E-state index in [4.69, 9.17) is 0 Å². The van der Waals surface area contributed by atoms with Crippen LogP contribution >= 0.6 is 0 Å². The van der Waals surface area contributed by atoms with E-state index in [1.54, 1.807) is 25.1 Å². The molecule has 37 heavy (non-hydrogen) atoms. The van der Waals surface area contributed by atoms with Crippen LogP contribution in [-0.2, 0) is 14.8 Å². The van der Waals surface area contributed by atoms with Crippen LogP contribution in [0.25, 0.3) is 0 Å². The quantitative estimate of drug-likeness (QED) is 0.178. The van der Waals surface area contributed by atoms with E-state index in [2.05, 4.69) is 16.6 Å². The average Bonchev–Trinajstić information content (AvgIpc) is 2.86. The zero-order valence-electron chi connectivity index (χ0n) is 21.1. The van der Waals surface area contributed by atoms with Crippen molar-refractivity contribution >= 4 is 21.6 Å². The van der Waals surface area contributed by atoms with Crippen LogP contribution in [-0.4, -0.2) is 32.3 Å². The predicted molar refractivity (Wildman–Crippen MR) is 139 cm³/mol. The Kier molecular flexibility index (Phi) is 12.5. The molecule has 11 heteroatoms. The Labute approximate surface area is 216 Å². The van der Waals surface area contributed by atoms with Gasteiger partial charge in [0, 0.05) is 30.8 Å². The number of hydrogen-bond donors (Lipinski definition) is 2. The summed E-state index contributed by atoms with van der Waals surface area (Å²) in [6.07, 6.45) is 4.46. The fourth-order valence-corrected chi connectivity index (χ4v) is 4.00. The van der Waals surface area contributed by atoms with Crippen molar-refractivity contribution in [2.75, 3.05) is 13.1 Å². The van der Waals surface area contributed by atoms with Gasteiger partial charge in [0.2, 0.25) is 10.0 Å². The minimum Gasteiger partial charge on any atom is -0.351 e. The van der Waals surface area contributed by atoms with Crippen LogP contribution in [0.2, 0.25) is 0 Å². The summed E-state index contributed by atoms with van der Waals surface area (Å²) in [6, 6.07) is 8.83. The molecular formula is C26H31F2N3O5S. The molecule has 0 aliphatic rings. The van der Waals surface area contributed by atoms with Crippen LogP contribution in [0, 0.1) is 21.7 Å². The second-order valence-electron chi connectivity index (χ2n) is 7.67. The number of carbonyl (C=O) groups excluding carboxylic acids is 1. The highest BCUT2D eigenvalue weighted by molar-refractivity contribution is 7.89. The molecule has 0 bridgehead atoms.